The van der Waals surface area contributed by atoms with Crippen molar-refractivity contribution in [2.24, 2.45) is 0 Å². The normalized spacial score (nSPS) is 11.7. The minimum Gasteiger partial charge on any atom is -0.456 e. The SMILES string of the molecule is c1ccc(-c2cccc(N(c3ccc4c(ccc5c6cccnc6oc45)c3)c3ccc4c(c3)oc3ccccc34)c2)cc1. The summed E-state index contributed by atoms with van der Waals surface area (Å²) in [6.45, 7) is 0. The van der Waals surface area contributed by atoms with Gasteiger partial charge in [-0.25, -0.2) is 4.98 Å². The summed E-state index contributed by atoms with van der Waals surface area (Å²) in [5, 5.41) is 6.49. The van der Waals surface area contributed by atoms with E-state index < -0.39 is 0 Å². The number of nitrogens with zero attached hydrogens (tertiary/aromatic N) is 2. The molecule has 0 aliphatic rings. The van der Waals surface area contributed by atoms with Gasteiger partial charge in [0.1, 0.15) is 16.7 Å². The number of aromatic nitrogens is 1. The third-order valence-electron chi connectivity index (χ3n) is 8.30. The van der Waals surface area contributed by atoms with Crippen LogP contribution in [0.1, 0.15) is 0 Å². The molecule has 0 bridgehead atoms. The maximum Gasteiger partial charge on any atom is 0.227 e. The first kappa shape index (κ1) is 23.8. The average Bonchev–Trinajstić information content (AvgIpc) is 3.64. The van der Waals surface area contributed by atoms with Crippen LogP contribution < -0.4 is 4.90 Å². The maximum atomic E-state index is 6.31. The van der Waals surface area contributed by atoms with Gasteiger partial charge in [-0.1, -0.05) is 66.7 Å². The first-order valence-corrected chi connectivity index (χ1v) is 14.4. The lowest BCUT2D eigenvalue weighted by molar-refractivity contribution is 0.657. The molecule has 0 aliphatic carbocycles. The fraction of sp³-hybridized carbons (Fsp3) is 0. The summed E-state index contributed by atoms with van der Waals surface area (Å²) in [5.74, 6) is 0. The van der Waals surface area contributed by atoms with E-state index in [0.29, 0.717) is 5.71 Å². The molecular formula is C39H24N2O2. The Morgan fingerprint density at radius 1 is 0.442 bits per heavy atom. The Labute approximate surface area is 247 Å². The highest BCUT2D eigenvalue weighted by atomic mass is 16.3. The van der Waals surface area contributed by atoms with Gasteiger partial charge in [0, 0.05) is 56.3 Å². The molecule has 0 saturated heterocycles. The Morgan fingerprint density at radius 2 is 1.16 bits per heavy atom. The molecule has 0 saturated carbocycles. The molecule has 202 valence electrons. The number of para-hydroxylation sites is 1. The van der Waals surface area contributed by atoms with E-state index in [-0.39, 0.29) is 0 Å². The average molecular weight is 553 g/mol. The van der Waals surface area contributed by atoms with E-state index in [1.165, 1.54) is 5.56 Å². The van der Waals surface area contributed by atoms with Crippen molar-refractivity contribution in [2.45, 2.75) is 0 Å². The van der Waals surface area contributed by atoms with Crippen molar-refractivity contribution in [3.63, 3.8) is 0 Å². The molecule has 0 radical (unpaired) electrons. The predicted octanol–water partition coefficient (Wildman–Crippen LogP) is 11.2. The van der Waals surface area contributed by atoms with E-state index in [1.54, 1.807) is 6.20 Å². The number of rotatable bonds is 4. The van der Waals surface area contributed by atoms with Crippen LogP contribution in [0.25, 0.3) is 65.9 Å². The van der Waals surface area contributed by atoms with Crippen LogP contribution in [0.5, 0.6) is 0 Å². The molecule has 0 aliphatic heterocycles. The van der Waals surface area contributed by atoms with Gasteiger partial charge in [0.15, 0.2) is 0 Å². The fourth-order valence-electron chi connectivity index (χ4n) is 6.28. The molecule has 0 N–H and O–H groups in total. The van der Waals surface area contributed by atoms with Gasteiger partial charge in [0.2, 0.25) is 5.71 Å². The third-order valence-corrected chi connectivity index (χ3v) is 8.30. The highest BCUT2D eigenvalue weighted by molar-refractivity contribution is 6.15. The Bertz CT molecular complexity index is 2470. The molecule has 3 heterocycles. The van der Waals surface area contributed by atoms with Gasteiger partial charge in [0.25, 0.3) is 0 Å². The van der Waals surface area contributed by atoms with E-state index >= 15 is 0 Å². The Balaban J connectivity index is 1.25. The maximum absolute atomic E-state index is 6.31. The molecule has 43 heavy (non-hydrogen) atoms. The first-order chi connectivity index (χ1) is 21.3. The molecule has 0 spiro atoms. The minimum absolute atomic E-state index is 0.660. The lowest BCUT2D eigenvalue weighted by Gasteiger charge is -2.26. The van der Waals surface area contributed by atoms with Crippen molar-refractivity contribution in [3.05, 3.63) is 146 Å². The zero-order chi connectivity index (χ0) is 28.3. The van der Waals surface area contributed by atoms with Crippen LogP contribution in [0.2, 0.25) is 0 Å². The summed E-state index contributed by atoms with van der Waals surface area (Å²) < 4.78 is 12.6. The van der Waals surface area contributed by atoms with Crippen molar-refractivity contribution in [1.82, 2.24) is 4.98 Å². The Kier molecular flexibility index (Phi) is 5.16. The van der Waals surface area contributed by atoms with Crippen LogP contribution in [0, 0.1) is 0 Å². The highest BCUT2D eigenvalue weighted by Crippen LogP contribution is 2.42. The van der Waals surface area contributed by atoms with E-state index in [2.05, 4.69) is 125 Å². The summed E-state index contributed by atoms with van der Waals surface area (Å²) in [6.07, 6.45) is 1.77. The van der Waals surface area contributed by atoms with E-state index in [9.17, 15) is 0 Å². The van der Waals surface area contributed by atoms with Gasteiger partial charge in [-0.05, 0) is 83.2 Å². The molecule has 3 aromatic heterocycles. The summed E-state index contributed by atoms with van der Waals surface area (Å²) in [7, 11) is 0. The largest absolute Gasteiger partial charge is 0.456 e. The number of furan rings is 2. The smallest absolute Gasteiger partial charge is 0.227 e. The van der Waals surface area contributed by atoms with Gasteiger partial charge < -0.3 is 13.7 Å². The third kappa shape index (κ3) is 3.81. The molecule has 6 aromatic carbocycles. The van der Waals surface area contributed by atoms with Gasteiger partial charge in [-0.15, -0.1) is 0 Å². The number of benzene rings is 6. The summed E-state index contributed by atoms with van der Waals surface area (Å²) in [4.78, 5) is 6.73. The zero-order valence-corrected chi connectivity index (χ0v) is 23.1. The topological polar surface area (TPSA) is 42.4 Å². The van der Waals surface area contributed by atoms with Crippen LogP contribution in [0.3, 0.4) is 0 Å². The zero-order valence-electron chi connectivity index (χ0n) is 23.1. The van der Waals surface area contributed by atoms with Crippen LogP contribution in [0.4, 0.5) is 17.1 Å². The molecule has 0 unspecified atom stereocenters. The van der Waals surface area contributed by atoms with Gasteiger partial charge in [-0.2, -0.15) is 0 Å². The van der Waals surface area contributed by atoms with Crippen LogP contribution in [0.15, 0.2) is 155 Å². The molecule has 0 amide bonds. The second-order valence-electron chi connectivity index (χ2n) is 10.8. The monoisotopic (exact) mass is 552 g/mol. The first-order valence-electron chi connectivity index (χ1n) is 14.4. The molecule has 9 rings (SSSR count). The van der Waals surface area contributed by atoms with Gasteiger partial charge in [-0.3, -0.25) is 0 Å². The van der Waals surface area contributed by atoms with E-state index in [4.69, 9.17) is 8.83 Å². The van der Waals surface area contributed by atoms with Crippen molar-refractivity contribution in [2.75, 3.05) is 4.90 Å². The predicted molar refractivity (Wildman–Crippen MR) is 176 cm³/mol. The highest BCUT2D eigenvalue weighted by Gasteiger charge is 2.18. The van der Waals surface area contributed by atoms with Crippen LogP contribution in [-0.4, -0.2) is 4.98 Å². The number of anilines is 3. The quantitative estimate of drug-likeness (QED) is 0.218. The van der Waals surface area contributed by atoms with E-state index in [0.717, 1.165) is 71.7 Å². The van der Waals surface area contributed by atoms with Crippen molar-refractivity contribution < 1.29 is 8.83 Å². The summed E-state index contributed by atoms with van der Waals surface area (Å²) >= 11 is 0. The summed E-state index contributed by atoms with van der Waals surface area (Å²) in [6, 6.07) is 48.7. The van der Waals surface area contributed by atoms with Crippen molar-refractivity contribution in [3.8, 4) is 11.1 Å². The number of hydrogen-bond acceptors (Lipinski definition) is 4. The van der Waals surface area contributed by atoms with Crippen molar-refractivity contribution in [1.29, 1.82) is 0 Å². The van der Waals surface area contributed by atoms with Gasteiger partial charge in [0.05, 0.1) is 0 Å². The number of pyridine rings is 1. The Morgan fingerprint density at radius 3 is 2.09 bits per heavy atom. The second-order valence-corrected chi connectivity index (χ2v) is 10.8. The molecule has 0 fully saturated rings. The molecule has 4 nitrogen and oxygen atoms in total. The van der Waals surface area contributed by atoms with E-state index in [1.807, 2.05) is 24.3 Å². The van der Waals surface area contributed by atoms with Crippen LogP contribution >= 0.6 is 0 Å². The molecular weight excluding hydrogens is 528 g/mol. The molecule has 4 heteroatoms. The lowest BCUT2D eigenvalue weighted by Crippen LogP contribution is -2.10. The molecule has 0 atom stereocenters. The van der Waals surface area contributed by atoms with Crippen LogP contribution in [-0.2, 0) is 0 Å². The van der Waals surface area contributed by atoms with Crippen molar-refractivity contribution >= 4 is 71.8 Å². The summed E-state index contributed by atoms with van der Waals surface area (Å²) in [5.41, 5.74) is 8.73. The second kappa shape index (κ2) is 9.33. The molecule has 9 aromatic rings. The Hall–Kier alpha value is -5.87. The number of fused-ring (bicyclic) bond motifs is 8. The fourth-order valence-corrected chi connectivity index (χ4v) is 6.28. The number of hydrogen-bond donors (Lipinski definition) is 0. The van der Waals surface area contributed by atoms with Gasteiger partial charge >= 0.3 is 0 Å². The minimum atomic E-state index is 0.660. The lowest BCUT2D eigenvalue weighted by atomic mass is 10.0. The standard InChI is InChI=1S/C39H24N2O2/c1-2-8-25(9-3-1)26-10-6-11-28(22-26)41(30-17-20-33-32-12-4-5-14-36(32)42-37(33)24-30)29-16-19-31-27(23-29)15-18-34-35-13-7-21-40-39(35)43-38(31)34/h1-24H.